The molecule has 1 aromatic heterocycles. The second kappa shape index (κ2) is 8.99. The Bertz CT molecular complexity index is 348. The molecular formula is C15H28N4. The lowest BCUT2D eigenvalue weighted by molar-refractivity contribution is 0.305. The van der Waals surface area contributed by atoms with E-state index in [0.29, 0.717) is 5.92 Å². The maximum atomic E-state index is 4.61. The molecule has 0 fully saturated rings. The van der Waals surface area contributed by atoms with Gasteiger partial charge in [-0.15, -0.1) is 0 Å². The first kappa shape index (κ1) is 16.1. The molecule has 0 aliphatic carbocycles. The molecular weight excluding hydrogens is 236 g/mol. The van der Waals surface area contributed by atoms with Crippen molar-refractivity contribution in [3.8, 4) is 0 Å². The Morgan fingerprint density at radius 1 is 1.26 bits per heavy atom. The highest BCUT2D eigenvalue weighted by Gasteiger charge is 2.03. The van der Waals surface area contributed by atoms with E-state index in [1.807, 2.05) is 12.3 Å². The summed E-state index contributed by atoms with van der Waals surface area (Å²) < 4.78 is 0. The average molecular weight is 264 g/mol. The lowest BCUT2D eigenvalue weighted by Crippen LogP contribution is -2.26. The van der Waals surface area contributed by atoms with E-state index in [9.17, 15) is 0 Å². The predicted molar refractivity (Wildman–Crippen MR) is 80.1 cm³/mol. The number of likely N-dealkylation sites (N-methyl/N-ethyl adjacent to an activating group) is 1. The SMILES string of the molecule is CCN(CC)CCc1nccc(CNCC(C)C)n1. The van der Waals surface area contributed by atoms with Crippen molar-refractivity contribution in [1.82, 2.24) is 20.2 Å². The fraction of sp³-hybridized carbons (Fsp3) is 0.733. The Kier molecular flexibility index (Phi) is 7.60. The zero-order chi connectivity index (χ0) is 14.1. The van der Waals surface area contributed by atoms with E-state index in [1.54, 1.807) is 0 Å². The quantitative estimate of drug-likeness (QED) is 0.741. The molecule has 1 aromatic rings. The summed E-state index contributed by atoms with van der Waals surface area (Å²) in [6, 6.07) is 1.99. The van der Waals surface area contributed by atoms with E-state index in [1.165, 1.54) is 0 Å². The maximum Gasteiger partial charge on any atom is 0.129 e. The molecule has 19 heavy (non-hydrogen) atoms. The summed E-state index contributed by atoms with van der Waals surface area (Å²) in [7, 11) is 0. The van der Waals surface area contributed by atoms with Crippen LogP contribution in [0.5, 0.6) is 0 Å². The van der Waals surface area contributed by atoms with Crippen molar-refractivity contribution in [3.05, 3.63) is 23.8 Å². The van der Waals surface area contributed by atoms with Crippen molar-refractivity contribution in [2.75, 3.05) is 26.2 Å². The number of aromatic nitrogens is 2. The van der Waals surface area contributed by atoms with E-state index in [0.717, 1.165) is 50.7 Å². The van der Waals surface area contributed by atoms with Gasteiger partial charge in [0.15, 0.2) is 0 Å². The normalized spacial score (nSPS) is 11.5. The Labute approximate surface area is 117 Å². The summed E-state index contributed by atoms with van der Waals surface area (Å²) in [6.45, 7) is 13.9. The van der Waals surface area contributed by atoms with Crippen molar-refractivity contribution < 1.29 is 0 Å². The van der Waals surface area contributed by atoms with Crippen LogP contribution in [0.4, 0.5) is 0 Å². The Morgan fingerprint density at radius 2 is 2.00 bits per heavy atom. The molecule has 108 valence electrons. The van der Waals surface area contributed by atoms with Crippen LogP contribution in [0.2, 0.25) is 0 Å². The number of hydrogen-bond acceptors (Lipinski definition) is 4. The summed E-state index contributed by atoms with van der Waals surface area (Å²) in [6.07, 6.45) is 2.80. The van der Waals surface area contributed by atoms with Crippen LogP contribution in [-0.4, -0.2) is 41.0 Å². The van der Waals surface area contributed by atoms with Gasteiger partial charge in [-0.1, -0.05) is 27.7 Å². The molecule has 4 heteroatoms. The highest BCUT2D eigenvalue weighted by atomic mass is 15.1. The summed E-state index contributed by atoms with van der Waals surface area (Å²) >= 11 is 0. The first-order valence-corrected chi connectivity index (χ1v) is 7.39. The molecule has 0 amide bonds. The van der Waals surface area contributed by atoms with Gasteiger partial charge in [-0.3, -0.25) is 0 Å². The smallest absolute Gasteiger partial charge is 0.129 e. The zero-order valence-corrected chi connectivity index (χ0v) is 12.8. The number of nitrogens with zero attached hydrogens (tertiary/aromatic N) is 3. The monoisotopic (exact) mass is 264 g/mol. The maximum absolute atomic E-state index is 4.61. The van der Waals surface area contributed by atoms with E-state index in [4.69, 9.17) is 0 Å². The molecule has 1 N–H and O–H groups in total. The number of hydrogen-bond donors (Lipinski definition) is 1. The van der Waals surface area contributed by atoms with E-state index < -0.39 is 0 Å². The van der Waals surface area contributed by atoms with Gasteiger partial charge in [0.25, 0.3) is 0 Å². The van der Waals surface area contributed by atoms with Crippen LogP contribution in [0.25, 0.3) is 0 Å². The Morgan fingerprint density at radius 3 is 2.63 bits per heavy atom. The molecule has 1 heterocycles. The lowest BCUT2D eigenvalue weighted by atomic mass is 10.2. The molecule has 1 rings (SSSR count). The summed E-state index contributed by atoms with van der Waals surface area (Å²) in [5.74, 6) is 1.62. The minimum absolute atomic E-state index is 0.670. The summed E-state index contributed by atoms with van der Waals surface area (Å²) in [5, 5.41) is 3.41. The second-order valence-corrected chi connectivity index (χ2v) is 5.27. The molecule has 0 bridgehead atoms. The lowest BCUT2D eigenvalue weighted by Gasteiger charge is -2.17. The summed E-state index contributed by atoms with van der Waals surface area (Å²) in [5.41, 5.74) is 1.09. The minimum Gasteiger partial charge on any atom is -0.311 e. The molecule has 4 nitrogen and oxygen atoms in total. The van der Waals surface area contributed by atoms with Crippen LogP contribution in [0.15, 0.2) is 12.3 Å². The molecule has 0 aliphatic rings. The molecule has 0 aromatic carbocycles. The zero-order valence-electron chi connectivity index (χ0n) is 12.8. The van der Waals surface area contributed by atoms with Crippen LogP contribution in [-0.2, 0) is 13.0 Å². The van der Waals surface area contributed by atoms with Gasteiger partial charge in [0.05, 0.1) is 5.69 Å². The van der Waals surface area contributed by atoms with E-state index >= 15 is 0 Å². The van der Waals surface area contributed by atoms with Gasteiger partial charge in [0.1, 0.15) is 5.82 Å². The largest absolute Gasteiger partial charge is 0.311 e. The van der Waals surface area contributed by atoms with E-state index in [-0.39, 0.29) is 0 Å². The minimum atomic E-state index is 0.670. The molecule has 0 radical (unpaired) electrons. The van der Waals surface area contributed by atoms with Gasteiger partial charge in [-0.05, 0) is 31.6 Å². The first-order valence-electron chi connectivity index (χ1n) is 7.39. The van der Waals surface area contributed by atoms with Gasteiger partial charge in [0, 0.05) is 25.7 Å². The Hall–Kier alpha value is -1.00. The average Bonchev–Trinajstić information content (AvgIpc) is 2.40. The third kappa shape index (κ3) is 6.64. The molecule has 0 saturated heterocycles. The van der Waals surface area contributed by atoms with Crippen LogP contribution in [0, 0.1) is 5.92 Å². The highest BCUT2D eigenvalue weighted by Crippen LogP contribution is 1.99. The molecule has 0 aliphatic heterocycles. The standard InChI is InChI=1S/C15H28N4/c1-5-19(6-2)10-8-15-17-9-7-14(18-15)12-16-11-13(3)4/h7,9,13,16H,5-6,8,10-12H2,1-4H3. The van der Waals surface area contributed by atoms with Crippen LogP contribution in [0.1, 0.15) is 39.2 Å². The Balaban J connectivity index is 2.43. The predicted octanol–water partition coefficient (Wildman–Crippen LogP) is 2.11. The van der Waals surface area contributed by atoms with Gasteiger partial charge >= 0.3 is 0 Å². The summed E-state index contributed by atoms with van der Waals surface area (Å²) in [4.78, 5) is 11.4. The fourth-order valence-corrected chi connectivity index (χ4v) is 1.95. The first-order chi connectivity index (χ1) is 9.15. The molecule has 0 saturated carbocycles. The molecule has 0 unspecified atom stereocenters. The second-order valence-electron chi connectivity index (χ2n) is 5.27. The number of nitrogens with one attached hydrogen (secondary N) is 1. The van der Waals surface area contributed by atoms with Gasteiger partial charge in [0.2, 0.25) is 0 Å². The van der Waals surface area contributed by atoms with Crippen molar-refractivity contribution in [1.29, 1.82) is 0 Å². The molecule has 0 spiro atoms. The topological polar surface area (TPSA) is 41.1 Å². The van der Waals surface area contributed by atoms with Crippen molar-refractivity contribution in [3.63, 3.8) is 0 Å². The fourth-order valence-electron chi connectivity index (χ4n) is 1.95. The van der Waals surface area contributed by atoms with Crippen LogP contribution >= 0.6 is 0 Å². The van der Waals surface area contributed by atoms with Gasteiger partial charge in [-0.25, -0.2) is 9.97 Å². The van der Waals surface area contributed by atoms with Gasteiger partial charge < -0.3 is 10.2 Å². The van der Waals surface area contributed by atoms with Gasteiger partial charge in [-0.2, -0.15) is 0 Å². The van der Waals surface area contributed by atoms with E-state index in [2.05, 4.69) is 47.9 Å². The van der Waals surface area contributed by atoms with Crippen molar-refractivity contribution >= 4 is 0 Å². The van der Waals surface area contributed by atoms with Crippen LogP contribution in [0.3, 0.4) is 0 Å². The third-order valence-electron chi connectivity index (χ3n) is 3.17. The van der Waals surface area contributed by atoms with Crippen LogP contribution < -0.4 is 5.32 Å². The van der Waals surface area contributed by atoms with Crippen molar-refractivity contribution in [2.45, 2.75) is 40.7 Å². The number of rotatable bonds is 9. The van der Waals surface area contributed by atoms with Crippen molar-refractivity contribution in [2.24, 2.45) is 5.92 Å². The molecule has 0 atom stereocenters. The third-order valence-corrected chi connectivity index (χ3v) is 3.17. The highest BCUT2D eigenvalue weighted by molar-refractivity contribution is 5.02.